The molecule has 0 unspecified atom stereocenters. The highest BCUT2D eigenvalue weighted by molar-refractivity contribution is 5.94. The van der Waals surface area contributed by atoms with Crippen molar-refractivity contribution in [1.29, 1.82) is 0 Å². The van der Waals surface area contributed by atoms with Gasteiger partial charge in [-0.05, 0) is 6.07 Å². The Hall–Kier alpha value is -1.62. The first-order chi connectivity index (χ1) is 8.67. The maximum Gasteiger partial charge on any atom is 0.253 e. The van der Waals surface area contributed by atoms with E-state index in [1.165, 1.54) is 18.5 Å². The van der Waals surface area contributed by atoms with Crippen molar-refractivity contribution in [2.24, 2.45) is 16.6 Å². The monoisotopic (exact) mass is 263 g/mol. The normalized spacial score (nSPS) is 27.4. The van der Waals surface area contributed by atoms with Gasteiger partial charge in [0, 0.05) is 29.1 Å². The van der Waals surface area contributed by atoms with Crippen LogP contribution in [0.2, 0.25) is 0 Å². The molecule has 1 heterocycles. The van der Waals surface area contributed by atoms with Crippen LogP contribution in [-0.4, -0.2) is 28.1 Å². The highest BCUT2D eigenvalue weighted by Crippen LogP contribution is 2.52. The molecule has 1 amide bonds. The first-order valence-electron chi connectivity index (χ1n) is 6.38. The van der Waals surface area contributed by atoms with E-state index >= 15 is 0 Å². The van der Waals surface area contributed by atoms with Crippen LogP contribution in [-0.2, 0) is 0 Å². The Morgan fingerprint density at radius 3 is 2.42 bits per heavy atom. The molecule has 5 nitrogen and oxygen atoms in total. The summed E-state index contributed by atoms with van der Waals surface area (Å²) in [6, 6.07) is 1.43. The summed E-state index contributed by atoms with van der Waals surface area (Å²) in [5, 5.41) is 12.4. The van der Waals surface area contributed by atoms with E-state index in [0.717, 1.165) is 0 Å². The fourth-order valence-corrected chi connectivity index (χ4v) is 3.32. The minimum atomic E-state index is -0.235. The van der Waals surface area contributed by atoms with E-state index in [1.807, 2.05) is 0 Å². The summed E-state index contributed by atoms with van der Waals surface area (Å²) in [5.41, 5.74) is 6.21. The van der Waals surface area contributed by atoms with Gasteiger partial charge in [0.1, 0.15) is 5.75 Å². The van der Waals surface area contributed by atoms with Gasteiger partial charge in [-0.2, -0.15) is 0 Å². The van der Waals surface area contributed by atoms with E-state index in [0.29, 0.717) is 5.56 Å². The molecule has 1 aromatic rings. The second-order valence-electron chi connectivity index (χ2n) is 6.46. The Morgan fingerprint density at radius 1 is 1.32 bits per heavy atom. The van der Waals surface area contributed by atoms with E-state index in [2.05, 4.69) is 38.0 Å². The maximum atomic E-state index is 12.2. The fraction of sp³-hybridized carbons (Fsp3) is 0.571. The Balaban J connectivity index is 2.16. The average Bonchev–Trinajstić information content (AvgIpc) is 2.34. The molecule has 1 aromatic heterocycles. The largest absolute Gasteiger partial charge is 0.506 e. The van der Waals surface area contributed by atoms with Crippen LogP contribution in [0.4, 0.5) is 0 Å². The zero-order valence-corrected chi connectivity index (χ0v) is 11.8. The van der Waals surface area contributed by atoms with Crippen LogP contribution in [0.3, 0.4) is 0 Å². The van der Waals surface area contributed by atoms with E-state index < -0.39 is 0 Å². The summed E-state index contributed by atoms with van der Waals surface area (Å²) in [6.45, 7) is 8.20. The lowest BCUT2D eigenvalue weighted by Crippen LogP contribution is -2.76. The van der Waals surface area contributed by atoms with Gasteiger partial charge < -0.3 is 16.2 Å². The van der Waals surface area contributed by atoms with Gasteiger partial charge in [-0.1, -0.05) is 27.7 Å². The molecular weight excluding hydrogens is 242 g/mol. The third-order valence-corrected chi connectivity index (χ3v) is 4.35. The number of carbonyl (C=O) groups excluding carboxylic acids is 1. The van der Waals surface area contributed by atoms with Crippen LogP contribution < -0.4 is 11.1 Å². The number of rotatable bonds is 2. The molecule has 0 bridgehead atoms. The standard InChI is InChI=1S/C14H21N3O2/c1-13(2)11(15)14(3,4)12(13)17-10(19)8-5-9(18)7-16-6-8/h5-7,11-12,18H,15H2,1-4H3,(H,17,19). The number of nitrogens with two attached hydrogens (primary N) is 1. The van der Waals surface area contributed by atoms with Crippen molar-refractivity contribution in [3.63, 3.8) is 0 Å². The lowest BCUT2D eigenvalue weighted by molar-refractivity contribution is -0.0663. The number of carbonyl (C=O) groups is 1. The Kier molecular flexibility index (Phi) is 3.05. The average molecular weight is 263 g/mol. The number of nitrogens with one attached hydrogen (secondary N) is 1. The molecule has 104 valence electrons. The number of nitrogens with zero attached hydrogens (tertiary/aromatic N) is 1. The molecule has 1 aliphatic rings. The molecule has 0 aromatic carbocycles. The number of hydrogen-bond acceptors (Lipinski definition) is 4. The Bertz CT molecular complexity index is 495. The van der Waals surface area contributed by atoms with E-state index in [4.69, 9.17) is 5.73 Å². The smallest absolute Gasteiger partial charge is 0.253 e. The van der Waals surface area contributed by atoms with Crippen molar-refractivity contribution in [2.75, 3.05) is 0 Å². The predicted octanol–water partition coefficient (Wildman–Crippen LogP) is 1.28. The number of amides is 1. The highest BCUT2D eigenvalue weighted by Gasteiger charge is 2.60. The molecule has 0 spiro atoms. The second-order valence-corrected chi connectivity index (χ2v) is 6.46. The molecule has 2 rings (SSSR count). The molecular formula is C14H21N3O2. The topological polar surface area (TPSA) is 88.2 Å². The molecule has 0 radical (unpaired) electrons. The van der Waals surface area contributed by atoms with Gasteiger partial charge in [0.15, 0.2) is 0 Å². The minimum absolute atomic E-state index is 0.00940. The number of aromatic hydroxyl groups is 1. The van der Waals surface area contributed by atoms with Gasteiger partial charge >= 0.3 is 0 Å². The molecule has 0 atom stereocenters. The third kappa shape index (κ3) is 2.08. The summed E-state index contributed by atoms with van der Waals surface area (Å²) < 4.78 is 0. The third-order valence-electron chi connectivity index (χ3n) is 4.35. The second kappa shape index (κ2) is 4.20. The van der Waals surface area contributed by atoms with Crippen LogP contribution in [0.15, 0.2) is 18.5 Å². The summed E-state index contributed by atoms with van der Waals surface area (Å²) in [6.07, 6.45) is 2.73. The van der Waals surface area contributed by atoms with Gasteiger partial charge in [0.05, 0.1) is 11.8 Å². The molecule has 0 aliphatic heterocycles. The molecule has 5 heteroatoms. The molecule has 0 saturated heterocycles. The summed E-state index contributed by atoms with van der Waals surface area (Å²) >= 11 is 0. The lowest BCUT2D eigenvalue weighted by atomic mass is 9.48. The zero-order chi connectivity index (χ0) is 14.4. The van der Waals surface area contributed by atoms with Gasteiger partial charge in [-0.25, -0.2) is 0 Å². The van der Waals surface area contributed by atoms with Crippen LogP contribution in [0, 0.1) is 10.8 Å². The maximum absolute atomic E-state index is 12.2. The molecule has 1 fully saturated rings. The molecule has 1 aliphatic carbocycles. The lowest BCUT2D eigenvalue weighted by Gasteiger charge is -2.62. The Morgan fingerprint density at radius 2 is 1.89 bits per heavy atom. The van der Waals surface area contributed by atoms with Crippen molar-refractivity contribution >= 4 is 5.91 Å². The van der Waals surface area contributed by atoms with Gasteiger partial charge in [-0.15, -0.1) is 0 Å². The highest BCUT2D eigenvalue weighted by atomic mass is 16.3. The van der Waals surface area contributed by atoms with Crippen molar-refractivity contribution in [1.82, 2.24) is 10.3 Å². The number of pyridine rings is 1. The number of hydrogen-bond donors (Lipinski definition) is 3. The SMILES string of the molecule is CC1(C)C(N)C(C)(C)C1NC(=O)c1cncc(O)c1. The molecule has 19 heavy (non-hydrogen) atoms. The number of aromatic nitrogens is 1. The van der Waals surface area contributed by atoms with Gasteiger partial charge in [0.2, 0.25) is 0 Å². The van der Waals surface area contributed by atoms with Crippen molar-refractivity contribution in [3.05, 3.63) is 24.0 Å². The molecule has 4 N–H and O–H groups in total. The summed E-state index contributed by atoms with van der Waals surface area (Å²) in [5.74, 6) is -0.252. The van der Waals surface area contributed by atoms with Crippen LogP contribution >= 0.6 is 0 Å². The predicted molar refractivity (Wildman–Crippen MR) is 72.7 cm³/mol. The van der Waals surface area contributed by atoms with Crippen LogP contribution in [0.1, 0.15) is 38.1 Å². The van der Waals surface area contributed by atoms with Gasteiger partial charge in [0.25, 0.3) is 5.91 Å². The fourth-order valence-electron chi connectivity index (χ4n) is 3.32. The van der Waals surface area contributed by atoms with Crippen LogP contribution in [0.5, 0.6) is 5.75 Å². The van der Waals surface area contributed by atoms with E-state index in [9.17, 15) is 9.90 Å². The summed E-state index contributed by atoms with van der Waals surface area (Å²) in [7, 11) is 0. The van der Waals surface area contributed by atoms with Crippen LogP contribution in [0.25, 0.3) is 0 Å². The quantitative estimate of drug-likeness (QED) is 0.750. The van der Waals surface area contributed by atoms with Gasteiger partial charge in [-0.3, -0.25) is 9.78 Å². The first kappa shape index (κ1) is 13.8. The zero-order valence-electron chi connectivity index (χ0n) is 11.8. The van der Waals surface area contributed by atoms with Crippen molar-refractivity contribution in [3.8, 4) is 5.75 Å². The van der Waals surface area contributed by atoms with E-state index in [1.54, 1.807) is 0 Å². The Labute approximate surface area is 113 Å². The first-order valence-corrected chi connectivity index (χ1v) is 6.38. The van der Waals surface area contributed by atoms with Crippen molar-refractivity contribution in [2.45, 2.75) is 39.8 Å². The van der Waals surface area contributed by atoms with E-state index in [-0.39, 0.29) is 34.6 Å². The van der Waals surface area contributed by atoms with Crippen molar-refractivity contribution < 1.29 is 9.90 Å². The minimum Gasteiger partial charge on any atom is -0.506 e. The molecule has 1 saturated carbocycles. The summed E-state index contributed by atoms with van der Waals surface area (Å²) in [4.78, 5) is 16.0.